The Morgan fingerprint density at radius 2 is 1.25 bits per heavy atom. The number of esters is 1. The summed E-state index contributed by atoms with van der Waals surface area (Å²) >= 11 is 0. The maximum Gasteiger partial charge on any atom is 0.338 e. The van der Waals surface area contributed by atoms with E-state index in [1.54, 1.807) is 6.07 Å². The van der Waals surface area contributed by atoms with Gasteiger partial charge in [0.15, 0.2) is 0 Å². The monoisotopic (exact) mass is 420 g/mol. The Morgan fingerprint density at radius 1 is 0.688 bits per heavy atom. The van der Waals surface area contributed by atoms with Crippen LogP contribution in [0.25, 0.3) is 45.0 Å². The van der Waals surface area contributed by atoms with Crippen LogP contribution in [-0.2, 0) is 4.74 Å². The van der Waals surface area contributed by atoms with Crippen LogP contribution < -0.4 is 0 Å². The molecule has 0 fully saturated rings. The van der Waals surface area contributed by atoms with E-state index in [0.29, 0.717) is 16.8 Å². The quantitative estimate of drug-likeness (QED) is 0.363. The Bertz CT molecular complexity index is 1370. The third-order valence-corrected chi connectivity index (χ3v) is 5.32. The van der Waals surface area contributed by atoms with E-state index in [1.807, 2.05) is 84.9 Å². The molecule has 3 aromatic carbocycles. The SMILES string of the molecule is COC(=O)c1ccc(-c2cc(-c3ccccc3)[nH]n2)cc1-c1cc(-c2ccccc2)[nH]n1. The van der Waals surface area contributed by atoms with Crippen LogP contribution in [0, 0.1) is 0 Å². The van der Waals surface area contributed by atoms with Gasteiger partial charge in [-0.05, 0) is 35.4 Å². The Morgan fingerprint density at radius 3 is 1.84 bits per heavy atom. The van der Waals surface area contributed by atoms with Gasteiger partial charge in [-0.25, -0.2) is 4.79 Å². The number of aromatic nitrogens is 4. The largest absolute Gasteiger partial charge is 0.465 e. The smallest absolute Gasteiger partial charge is 0.338 e. The number of hydrogen-bond donors (Lipinski definition) is 2. The summed E-state index contributed by atoms with van der Waals surface area (Å²) in [5.74, 6) is -0.414. The number of ether oxygens (including phenoxy) is 1. The first kappa shape index (κ1) is 19.5. The average Bonchev–Trinajstić information content (AvgIpc) is 3.55. The summed E-state index contributed by atoms with van der Waals surface area (Å²) in [6.07, 6.45) is 0. The Hall–Kier alpha value is -4.45. The van der Waals surface area contributed by atoms with Crippen molar-refractivity contribution >= 4 is 5.97 Å². The summed E-state index contributed by atoms with van der Waals surface area (Å²) in [4.78, 5) is 12.4. The number of carbonyl (C=O) groups is 1. The topological polar surface area (TPSA) is 83.7 Å². The Balaban J connectivity index is 1.57. The van der Waals surface area contributed by atoms with E-state index in [2.05, 4.69) is 20.4 Å². The van der Waals surface area contributed by atoms with Crippen LogP contribution in [0.15, 0.2) is 91.0 Å². The molecule has 0 aliphatic carbocycles. The van der Waals surface area contributed by atoms with Gasteiger partial charge in [0.2, 0.25) is 0 Å². The fraction of sp³-hybridized carbons (Fsp3) is 0.0385. The van der Waals surface area contributed by atoms with Gasteiger partial charge in [-0.2, -0.15) is 10.2 Å². The average molecular weight is 420 g/mol. The Kier molecular flexibility index (Phi) is 5.09. The predicted octanol–water partition coefficient (Wildman–Crippen LogP) is 5.59. The summed E-state index contributed by atoms with van der Waals surface area (Å²) in [6.45, 7) is 0. The molecule has 0 aliphatic heterocycles. The van der Waals surface area contributed by atoms with Gasteiger partial charge in [0, 0.05) is 11.1 Å². The molecule has 0 radical (unpaired) electrons. The number of carbonyl (C=O) groups excluding carboxylic acids is 1. The van der Waals surface area contributed by atoms with Crippen molar-refractivity contribution in [2.75, 3.05) is 7.11 Å². The van der Waals surface area contributed by atoms with Crippen LogP contribution in [0.1, 0.15) is 10.4 Å². The summed E-state index contributed by atoms with van der Waals surface area (Å²) in [6, 6.07) is 29.4. The van der Waals surface area contributed by atoms with Crippen LogP contribution in [0.4, 0.5) is 0 Å². The molecule has 5 aromatic rings. The number of rotatable bonds is 5. The van der Waals surface area contributed by atoms with E-state index in [-0.39, 0.29) is 0 Å². The molecule has 2 aromatic heterocycles. The molecule has 0 spiro atoms. The van der Waals surface area contributed by atoms with Crippen LogP contribution >= 0.6 is 0 Å². The minimum atomic E-state index is -0.414. The summed E-state index contributed by atoms with van der Waals surface area (Å²) in [5.41, 5.74) is 7.29. The lowest BCUT2D eigenvalue weighted by molar-refractivity contribution is 0.0601. The molecule has 2 N–H and O–H groups in total. The van der Waals surface area contributed by atoms with Gasteiger partial charge in [-0.1, -0.05) is 66.7 Å². The molecule has 0 unspecified atom stereocenters. The van der Waals surface area contributed by atoms with E-state index in [1.165, 1.54) is 7.11 Å². The molecule has 0 aliphatic rings. The molecule has 156 valence electrons. The molecular weight excluding hydrogens is 400 g/mol. The van der Waals surface area contributed by atoms with Gasteiger partial charge >= 0.3 is 5.97 Å². The normalized spacial score (nSPS) is 10.8. The first-order chi connectivity index (χ1) is 15.7. The van der Waals surface area contributed by atoms with Crippen molar-refractivity contribution in [3.8, 4) is 45.0 Å². The fourth-order valence-corrected chi connectivity index (χ4v) is 3.66. The van der Waals surface area contributed by atoms with Crippen molar-refractivity contribution in [3.05, 3.63) is 96.6 Å². The minimum absolute atomic E-state index is 0.414. The molecule has 0 saturated carbocycles. The molecule has 6 heteroatoms. The highest BCUT2D eigenvalue weighted by Gasteiger charge is 2.18. The van der Waals surface area contributed by atoms with Crippen molar-refractivity contribution in [1.82, 2.24) is 20.4 Å². The number of H-pyrrole nitrogens is 2. The fourth-order valence-electron chi connectivity index (χ4n) is 3.66. The number of nitrogens with one attached hydrogen (secondary N) is 2. The van der Waals surface area contributed by atoms with Crippen LogP contribution in [-0.4, -0.2) is 33.5 Å². The number of aromatic amines is 2. The lowest BCUT2D eigenvalue weighted by Gasteiger charge is -2.07. The number of hydrogen-bond acceptors (Lipinski definition) is 4. The van der Waals surface area contributed by atoms with Gasteiger partial charge < -0.3 is 4.74 Å². The van der Waals surface area contributed by atoms with Crippen molar-refractivity contribution in [2.45, 2.75) is 0 Å². The van der Waals surface area contributed by atoms with Crippen molar-refractivity contribution in [2.24, 2.45) is 0 Å². The van der Waals surface area contributed by atoms with E-state index in [4.69, 9.17) is 4.74 Å². The highest BCUT2D eigenvalue weighted by atomic mass is 16.5. The highest BCUT2D eigenvalue weighted by molar-refractivity contribution is 5.98. The second kappa shape index (κ2) is 8.35. The summed E-state index contributed by atoms with van der Waals surface area (Å²) < 4.78 is 5.00. The second-order valence-corrected chi connectivity index (χ2v) is 7.32. The molecule has 6 nitrogen and oxygen atoms in total. The zero-order valence-corrected chi connectivity index (χ0v) is 17.4. The second-order valence-electron chi connectivity index (χ2n) is 7.32. The van der Waals surface area contributed by atoms with Gasteiger partial charge in [-0.3, -0.25) is 10.2 Å². The van der Waals surface area contributed by atoms with E-state index in [9.17, 15) is 4.79 Å². The molecule has 5 rings (SSSR count). The summed E-state index contributed by atoms with van der Waals surface area (Å²) in [7, 11) is 1.37. The van der Waals surface area contributed by atoms with Gasteiger partial charge in [0.05, 0.1) is 35.4 Å². The standard InChI is InChI=1S/C26H20N4O2/c1-32-26(31)20-13-12-19(24-15-22(27-29-24)17-8-4-2-5-9-17)14-21(20)25-16-23(28-30-25)18-10-6-3-7-11-18/h2-16H,1H3,(H,27,29)(H,28,30). The number of benzene rings is 3. The highest BCUT2D eigenvalue weighted by Crippen LogP contribution is 2.32. The Labute approximate surface area is 184 Å². The van der Waals surface area contributed by atoms with Gasteiger partial charge in [0.1, 0.15) is 0 Å². The number of methoxy groups -OCH3 is 1. The van der Waals surface area contributed by atoms with Crippen LogP contribution in [0.3, 0.4) is 0 Å². The molecule has 2 heterocycles. The van der Waals surface area contributed by atoms with E-state index < -0.39 is 5.97 Å². The molecule has 0 atom stereocenters. The summed E-state index contributed by atoms with van der Waals surface area (Å²) in [5, 5.41) is 15.1. The maximum atomic E-state index is 12.4. The first-order valence-electron chi connectivity index (χ1n) is 10.2. The maximum absolute atomic E-state index is 12.4. The van der Waals surface area contributed by atoms with Crippen molar-refractivity contribution < 1.29 is 9.53 Å². The third kappa shape index (κ3) is 3.70. The lowest BCUT2D eigenvalue weighted by Crippen LogP contribution is -2.04. The van der Waals surface area contributed by atoms with E-state index >= 15 is 0 Å². The van der Waals surface area contributed by atoms with E-state index in [0.717, 1.165) is 33.8 Å². The van der Waals surface area contributed by atoms with Crippen LogP contribution in [0.5, 0.6) is 0 Å². The molecule has 0 saturated heterocycles. The van der Waals surface area contributed by atoms with Crippen LogP contribution in [0.2, 0.25) is 0 Å². The predicted molar refractivity (Wildman–Crippen MR) is 124 cm³/mol. The number of nitrogens with zero attached hydrogens (tertiary/aromatic N) is 2. The zero-order valence-electron chi connectivity index (χ0n) is 17.4. The molecule has 0 bridgehead atoms. The first-order valence-corrected chi connectivity index (χ1v) is 10.2. The van der Waals surface area contributed by atoms with Crippen molar-refractivity contribution in [3.63, 3.8) is 0 Å². The van der Waals surface area contributed by atoms with Gasteiger partial charge in [0.25, 0.3) is 0 Å². The molecule has 0 amide bonds. The van der Waals surface area contributed by atoms with Crippen molar-refractivity contribution in [1.29, 1.82) is 0 Å². The third-order valence-electron chi connectivity index (χ3n) is 5.32. The minimum Gasteiger partial charge on any atom is -0.465 e. The molecule has 32 heavy (non-hydrogen) atoms. The van der Waals surface area contributed by atoms with Gasteiger partial charge in [-0.15, -0.1) is 0 Å². The lowest BCUT2D eigenvalue weighted by atomic mass is 9.99. The molecular formula is C26H20N4O2. The zero-order chi connectivity index (χ0) is 21.9.